The molecule has 0 aliphatic heterocycles. The lowest BCUT2D eigenvalue weighted by Crippen LogP contribution is -2.39. The van der Waals surface area contributed by atoms with Gasteiger partial charge in [0.2, 0.25) is 5.56 Å². The number of pyridine rings is 1. The number of phenolic OH excluding ortho intramolecular Hbond substituents is 1. The molecule has 6 nitrogen and oxygen atoms in total. The van der Waals surface area contributed by atoms with Crippen molar-refractivity contribution < 1.29 is 15.7 Å². The molecule has 0 bridgehead atoms. The maximum atomic E-state index is 11.4. The normalized spacial score (nSPS) is 13.3. The molecule has 0 saturated heterocycles. The van der Waals surface area contributed by atoms with E-state index in [1.807, 2.05) is 20.8 Å². The van der Waals surface area contributed by atoms with Crippen LogP contribution in [0.4, 0.5) is 0 Å². The third-order valence-corrected chi connectivity index (χ3v) is 3.59. The predicted octanol–water partition coefficient (Wildman–Crippen LogP) is 1.64. The molecule has 0 spiro atoms. The Morgan fingerprint density at radius 1 is 1.22 bits per heavy atom. The van der Waals surface area contributed by atoms with Crippen LogP contribution in [0.3, 0.4) is 0 Å². The first-order valence-electron chi connectivity index (χ1n) is 7.23. The van der Waals surface area contributed by atoms with Crippen molar-refractivity contribution in [2.24, 2.45) is 0 Å². The highest BCUT2D eigenvalue weighted by molar-refractivity contribution is 5.87. The van der Waals surface area contributed by atoms with E-state index in [0.29, 0.717) is 16.5 Å². The molecule has 0 fully saturated rings. The maximum Gasteiger partial charge on any atom is 0.248 e. The number of aromatic amines is 1. The number of hydrogen-bond donors (Lipinski definition) is 4. The fourth-order valence-corrected chi connectivity index (χ4v) is 2.59. The Morgan fingerprint density at radius 2 is 1.87 bits per heavy atom. The molecule has 130 valence electrons. The van der Waals surface area contributed by atoms with Crippen molar-refractivity contribution in [2.45, 2.75) is 45.4 Å². The summed E-state index contributed by atoms with van der Waals surface area (Å²) in [6.07, 6.45) is 0.0526. The molecule has 2 rings (SSSR count). The minimum absolute atomic E-state index is 0. The third kappa shape index (κ3) is 4.68. The number of rotatable bonds is 5. The molecule has 2 aromatic rings. The van der Waals surface area contributed by atoms with Crippen molar-refractivity contribution in [2.75, 3.05) is 0 Å². The van der Waals surface area contributed by atoms with Gasteiger partial charge in [0.25, 0.3) is 0 Å². The van der Waals surface area contributed by atoms with Gasteiger partial charge < -0.3 is 26.0 Å². The summed E-state index contributed by atoms with van der Waals surface area (Å²) >= 11 is 0. The van der Waals surface area contributed by atoms with Crippen LogP contribution in [0.25, 0.3) is 10.9 Å². The summed E-state index contributed by atoms with van der Waals surface area (Å²) in [5, 5.41) is 24.5. The number of hydrogen-bond acceptors (Lipinski definition) is 4. The average molecular weight is 345 g/mol. The summed E-state index contributed by atoms with van der Waals surface area (Å²) in [4.78, 5) is 14.0. The molecule has 23 heavy (non-hydrogen) atoms. The van der Waals surface area contributed by atoms with Crippen LogP contribution in [0, 0.1) is 0 Å². The van der Waals surface area contributed by atoms with Gasteiger partial charge in [-0.05, 0) is 24.1 Å². The predicted molar refractivity (Wildman–Crippen MR) is 94.4 cm³/mol. The molecule has 1 aromatic carbocycles. The van der Waals surface area contributed by atoms with Crippen molar-refractivity contribution >= 4 is 23.3 Å². The Bertz CT molecular complexity index is 687. The highest BCUT2D eigenvalue weighted by Gasteiger charge is 2.22. The summed E-state index contributed by atoms with van der Waals surface area (Å²) < 4.78 is 0. The first-order chi connectivity index (χ1) is 9.93. The van der Waals surface area contributed by atoms with Gasteiger partial charge in [-0.1, -0.05) is 26.8 Å². The van der Waals surface area contributed by atoms with E-state index in [-0.39, 0.29) is 41.3 Å². The molecule has 6 N–H and O–H groups in total. The van der Waals surface area contributed by atoms with E-state index >= 15 is 0 Å². The maximum absolute atomic E-state index is 11.4. The molecule has 2 atom stereocenters. The van der Waals surface area contributed by atoms with Crippen molar-refractivity contribution in [3.63, 3.8) is 0 Å². The minimum Gasteiger partial charge on any atom is -0.506 e. The van der Waals surface area contributed by atoms with Crippen LogP contribution in [0.15, 0.2) is 29.1 Å². The van der Waals surface area contributed by atoms with Gasteiger partial charge in [0, 0.05) is 23.5 Å². The van der Waals surface area contributed by atoms with Gasteiger partial charge in [-0.25, -0.2) is 0 Å². The topological polar surface area (TPSA) is 117 Å². The van der Waals surface area contributed by atoms with Crippen molar-refractivity contribution in [3.05, 3.63) is 40.2 Å². The number of aromatic nitrogens is 1. The summed E-state index contributed by atoms with van der Waals surface area (Å²) in [6.45, 7) is 6.07. The van der Waals surface area contributed by atoms with Crippen molar-refractivity contribution in [1.82, 2.24) is 10.3 Å². The second-order valence-electron chi connectivity index (χ2n) is 5.57. The molecule has 1 aromatic heterocycles. The van der Waals surface area contributed by atoms with E-state index in [4.69, 9.17) is 0 Å². The molecular formula is C16H25ClN2O4. The Labute approximate surface area is 141 Å². The largest absolute Gasteiger partial charge is 0.506 e. The standard InChI is InChI=1S/C16H22N2O3.ClH.H2O/c1-4-12(17-9(2)3)16(21)11-5-7-13(19)15-10(11)6-8-14(20)18-15;;/h5-9,12,16-17,19,21H,4H2,1-3H3,(H,18,20);1H;1H2/t12-,16+;;/m0../s1. The Kier molecular flexibility index (Phi) is 8.26. The molecule has 0 saturated carbocycles. The Hall–Kier alpha value is -1.60. The van der Waals surface area contributed by atoms with Gasteiger partial charge in [0.05, 0.1) is 11.6 Å². The van der Waals surface area contributed by atoms with Gasteiger partial charge in [0.15, 0.2) is 0 Å². The molecule has 1 heterocycles. The molecule has 0 amide bonds. The molecular weight excluding hydrogens is 320 g/mol. The molecule has 0 radical (unpaired) electrons. The minimum atomic E-state index is -0.716. The lowest BCUT2D eigenvalue weighted by atomic mass is 9.95. The number of H-pyrrole nitrogens is 1. The van der Waals surface area contributed by atoms with Crippen LogP contribution in [-0.4, -0.2) is 32.8 Å². The van der Waals surface area contributed by atoms with Gasteiger partial charge in [-0.2, -0.15) is 0 Å². The summed E-state index contributed by atoms with van der Waals surface area (Å²) in [6, 6.07) is 6.39. The van der Waals surface area contributed by atoms with E-state index in [9.17, 15) is 15.0 Å². The quantitative estimate of drug-likeness (QED) is 0.659. The number of aliphatic hydroxyl groups excluding tert-OH is 1. The van der Waals surface area contributed by atoms with E-state index in [2.05, 4.69) is 10.3 Å². The third-order valence-electron chi connectivity index (χ3n) is 3.59. The van der Waals surface area contributed by atoms with Crippen LogP contribution in [0.2, 0.25) is 0 Å². The SMILES string of the molecule is CC[C@H](NC(C)C)[C@H](O)c1ccc(O)c2[nH]c(=O)ccc12.Cl.O. The molecule has 0 unspecified atom stereocenters. The fourth-order valence-electron chi connectivity index (χ4n) is 2.59. The number of phenols is 1. The lowest BCUT2D eigenvalue weighted by molar-refractivity contribution is 0.123. The highest BCUT2D eigenvalue weighted by Crippen LogP contribution is 2.30. The van der Waals surface area contributed by atoms with Gasteiger partial charge >= 0.3 is 0 Å². The monoisotopic (exact) mass is 344 g/mol. The Balaban J connectivity index is 0.00000242. The van der Waals surface area contributed by atoms with Crippen LogP contribution < -0.4 is 10.9 Å². The number of fused-ring (bicyclic) bond motifs is 1. The second kappa shape index (κ2) is 8.88. The highest BCUT2D eigenvalue weighted by atomic mass is 35.5. The summed E-state index contributed by atoms with van der Waals surface area (Å²) in [7, 11) is 0. The first-order valence-corrected chi connectivity index (χ1v) is 7.23. The van der Waals surface area contributed by atoms with E-state index in [0.717, 1.165) is 6.42 Å². The first kappa shape index (κ1) is 21.4. The molecule has 0 aliphatic carbocycles. The number of nitrogens with one attached hydrogen (secondary N) is 2. The van der Waals surface area contributed by atoms with Crippen LogP contribution in [0.1, 0.15) is 38.9 Å². The Morgan fingerprint density at radius 3 is 2.43 bits per heavy atom. The van der Waals surface area contributed by atoms with Gasteiger partial charge in [0.1, 0.15) is 5.75 Å². The zero-order valence-corrected chi connectivity index (χ0v) is 14.3. The van der Waals surface area contributed by atoms with Crippen LogP contribution in [0.5, 0.6) is 5.75 Å². The number of halogens is 1. The van der Waals surface area contributed by atoms with E-state index in [1.54, 1.807) is 12.1 Å². The smallest absolute Gasteiger partial charge is 0.248 e. The zero-order valence-electron chi connectivity index (χ0n) is 13.5. The number of benzene rings is 1. The number of aromatic hydroxyl groups is 1. The van der Waals surface area contributed by atoms with Crippen LogP contribution >= 0.6 is 12.4 Å². The molecule has 0 aliphatic rings. The summed E-state index contributed by atoms with van der Waals surface area (Å²) in [5.74, 6) is 0.00326. The van der Waals surface area contributed by atoms with E-state index in [1.165, 1.54) is 12.1 Å². The van der Waals surface area contributed by atoms with Gasteiger partial charge in [-0.15, -0.1) is 12.4 Å². The van der Waals surface area contributed by atoms with Crippen molar-refractivity contribution in [3.8, 4) is 5.75 Å². The molecule has 7 heteroatoms. The second-order valence-corrected chi connectivity index (χ2v) is 5.57. The lowest BCUT2D eigenvalue weighted by Gasteiger charge is -2.26. The van der Waals surface area contributed by atoms with Crippen molar-refractivity contribution in [1.29, 1.82) is 0 Å². The summed E-state index contributed by atoms with van der Waals surface area (Å²) in [5.41, 5.74) is 0.772. The zero-order chi connectivity index (χ0) is 15.6. The van der Waals surface area contributed by atoms with Crippen LogP contribution in [-0.2, 0) is 0 Å². The fraction of sp³-hybridized carbons (Fsp3) is 0.438. The van der Waals surface area contributed by atoms with E-state index < -0.39 is 6.10 Å². The number of aliphatic hydroxyl groups is 1. The average Bonchev–Trinajstić information content (AvgIpc) is 2.45. The van der Waals surface area contributed by atoms with Gasteiger partial charge in [-0.3, -0.25) is 4.79 Å².